The maximum absolute atomic E-state index is 10.4. The molecule has 7 heteroatoms. The van der Waals surface area contributed by atoms with Crippen LogP contribution in [-0.4, -0.2) is 29.4 Å². The summed E-state index contributed by atoms with van der Waals surface area (Å²) in [5.41, 5.74) is 4.40. The lowest BCUT2D eigenvalue weighted by Crippen LogP contribution is -2.41. The Bertz CT molecular complexity index is 613. The number of benzene rings is 1. The Balaban J connectivity index is 1.88. The Morgan fingerprint density at radius 2 is 2.12 bits per heavy atom. The highest BCUT2D eigenvalue weighted by atomic mass is 32.1. The smallest absolute Gasteiger partial charge is 0.187 e. The van der Waals surface area contributed by atoms with Gasteiger partial charge >= 0.3 is 0 Å². The molecule has 130 valence electrons. The van der Waals surface area contributed by atoms with Gasteiger partial charge in [0.05, 0.1) is 11.7 Å². The lowest BCUT2D eigenvalue weighted by molar-refractivity contribution is -0.307. The van der Waals surface area contributed by atoms with Crippen LogP contribution in [0.15, 0.2) is 29.4 Å². The largest absolute Gasteiger partial charge is 0.546 e. The van der Waals surface area contributed by atoms with Crippen molar-refractivity contribution in [3.63, 3.8) is 0 Å². The predicted molar refractivity (Wildman–Crippen MR) is 94.9 cm³/mol. The fourth-order valence-electron chi connectivity index (χ4n) is 2.62. The first-order chi connectivity index (χ1) is 11.5. The Kier molecular flexibility index (Phi) is 6.99. The van der Waals surface area contributed by atoms with Crippen molar-refractivity contribution in [1.29, 1.82) is 0 Å². The number of nitrogens with one attached hydrogen (secondary N) is 2. The summed E-state index contributed by atoms with van der Waals surface area (Å²) in [5, 5.41) is 18.5. The first kappa shape index (κ1) is 18.2. The second-order valence-electron chi connectivity index (χ2n) is 5.81. The number of thiocarbonyl (C=S) groups is 1. The third kappa shape index (κ3) is 6.16. The number of hydrogen-bond acceptors (Lipinski definition) is 5. The highest BCUT2D eigenvalue weighted by molar-refractivity contribution is 7.80. The fourth-order valence-corrected chi connectivity index (χ4v) is 2.83. The molecule has 24 heavy (non-hydrogen) atoms. The topological polar surface area (TPSA) is 85.8 Å². The summed E-state index contributed by atoms with van der Waals surface area (Å²) in [4.78, 5) is 10.4. The van der Waals surface area contributed by atoms with Crippen molar-refractivity contribution in [3.8, 4) is 5.75 Å². The molecule has 6 nitrogen and oxygen atoms in total. The van der Waals surface area contributed by atoms with Crippen molar-refractivity contribution >= 4 is 29.0 Å². The van der Waals surface area contributed by atoms with Gasteiger partial charge in [0, 0.05) is 11.6 Å². The van der Waals surface area contributed by atoms with Crippen LogP contribution in [0.2, 0.25) is 0 Å². The lowest BCUT2D eigenvalue weighted by atomic mass is 9.96. The summed E-state index contributed by atoms with van der Waals surface area (Å²) in [6.45, 7) is 1.36. The number of ether oxygens (including phenoxy) is 1. The summed E-state index contributed by atoms with van der Waals surface area (Å²) in [6.07, 6.45) is 6.05. The van der Waals surface area contributed by atoms with Crippen LogP contribution in [-0.2, 0) is 4.79 Å². The van der Waals surface area contributed by atoms with Crippen LogP contribution in [0.1, 0.15) is 44.6 Å². The molecule has 1 aromatic carbocycles. The van der Waals surface area contributed by atoms with E-state index in [2.05, 4.69) is 15.8 Å². The van der Waals surface area contributed by atoms with Gasteiger partial charge in [0.15, 0.2) is 5.11 Å². The van der Waals surface area contributed by atoms with E-state index >= 15 is 0 Å². The van der Waals surface area contributed by atoms with E-state index in [1.807, 2.05) is 13.0 Å². The number of hydrazone groups is 1. The molecule has 0 spiro atoms. The highest BCUT2D eigenvalue weighted by Crippen LogP contribution is 2.17. The summed E-state index contributed by atoms with van der Waals surface area (Å²) in [5.74, 6) is -0.805. The Labute approximate surface area is 147 Å². The molecule has 0 unspecified atom stereocenters. The van der Waals surface area contributed by atoms with Crippen LogP contribution in [0.4, 0.5) is 0 Å². The molecule has 1 aromatic rings. The molecule has 0 saturated heterocycles. The van der Waals surface area contributed by atoms with Crippen molar-refractivity contribution in [3.05, 3.63) is 29.8 Å². The Morgan fingerprint density at radius 1 is 1.38 bits per heavy atom. The van der Waals surface area contributed by atoms with E-state index in [0.29, 0.717) is 16.9 Å². The zero-order chi connectivity index (χ0) is 17.4. The Hall–Kier alpha value is -2.15. The van der Waals surface area contributed by atoms with Crippen molar-refractivity contribution in [2.75, 3.05) is 6.61 Å². The van der Waals surface area contributed by atoms with Gasteiger partial charge < -0.3 is 20.0 Å². The molecule has 0 atom stereocenters. The van der Waals surface area contributed by atoms with Crippen molar-refractivity contribution in [1.82, 2.24) is 10.7 Å². The van der Waals surface area contributed by atoms with Gasteiger partial charge in [-0.3, -0.25) is 5.43 Å². The third-order valence-corrected chi connectivity index (χ3v) is 4.08. The van der Waals surface area contributed by atoms with Gasteiger partial charge in [-0.05, 0) is 44.1 Å². The zero-order valence-corrected chi connectivity index (χ0v) is 14.5. The van der Waals surface area contributed by atoms with Gasteiger partial charge in [-0.25, -0.2) is 0 Å². The minimum Gasteiger partial charge on any atom is -0.546 e. The van der Waals surface area contributed by atoms with E-state index in [4.69, 9.17) is 17.0 Å². The van der Waals surface area contributed by atoms with E-state index in [0.717, 1.165) is 24.1 Å². The molecule has 1 fully saturated rings. The van der Waals surface area contributed by atoms with Gasteiger partial charge in [-0.2, -0.15) is 5.10 Å². The standard InChI is InChI=1S/C17H23N3O3S/c1-12(13-6-5-9-15(10-13)23-11-16(21)22)19-20-17(24)18-14-7-3-2-4-8-14/h5-6,9-10,14H,2-4,7-8,11H2,1H3,(H,21,22)(H2,18,20,24)/p-1/b19-12-. The molecule has 0 aliphatic heterocycles. The maximum Gasteiger partial charge on any atom is 0.187 e. The van der Waals surface area contributed by atoms with Crippen molar-refractivity contribution < 1.29 is 14.6 Å². The van der Waals surface area contributed by atoms with Crippen LogP contribution in [0.3, 0.4) is 0 Å². The van der Waals surface area contributed by atoms with Crippen LogP contribution in [0, 0.1) is 0 Å². The summed E-state index contributed by atoms with van der Waals surface area (Å²) >= 11 is 5.27. The first-order valence-electron chi connectivity index (χ1n) is 8.08. The third-order valence-electron chi connectivity index (χ3n) is 3.87. The second-order valence-corrected chi connectivity index (χ2v) is 6.21. The van der Waals surface area contributed by atoms with Crippen LogP contribution < -0.4 is 20.6 Å². The normalized spacial score (nSPS) is 15.6. The van der Waals surface area contributed by atoms with E-state index in [1.54, 1.807) is 18.2 Å². The molecular weight excluding hydrogens is 326 g/mol. The number of aliphatic carboxylic acids is 1. The van der Waals surface area contributed by atoms with E-state index < -0.39 is 12.6 Å². The Morgan fingerprint density at radius 3 is 2.83 bits per heavy atom. The molecule has 0 radical (unpaired) electrons. The number of hydrogen-bond donors (Lipinski definition) is 2. The highest BCUT2D eigenvalue weighted by Gasteiger charge is 2.13. The molecule has 0 amide bonds. The average molecular weight is 348 g/mol. The average Bonchev–Trinajstić information content (AvgIpc) is 2.59. The first-order valence-corrected chi connectivity index (χ1v) is 8.49. The molecule has 0 heterocycles. The molecule has 2 rings (SSSR count). The van der Waals surface area contributed by atoms with E-state index in [-0.39, 0.29) is 0 Å². The number of carbonyl (C=O) groups excluding carboxylic acids is 1. The predicted octanol–water partition coefficient (Wildman–Crippen LogP) is 1.34. The van der Waals surface area contributed by atoms with E-state index in [9.17, 15) is 9.90 Å². The number of carboxylic acids is 1. The van der Waals surface area contributed by atoms with E-state index in [1.165, 1.54) is 19.3 Å². The molecule has 1 saturated carbocycles. The molecule has 1 aliphatic carbocycles. The molecule has 0 aromatic heterocycles. The molecular formula is C17H22N3O3S-. The van der Waals surface area contributed by atoms with Crippen LogP contribution in [0.25, 0.3) is 0 Å². The van der Waals surface area contributed by atoms with Gasteiger partial charge in [0.2, 0.25) is 0 Å². The molecule has 2 N–H and O–H groups in total. The van der Waals surface area contributed by atoms with Gasteiger partial charge in [-0.1, -0.05) is 31.4 Å². The molecule has 0 bridgehead atoms. The quantitative estimate of drug-likeness (QED) is 0.458. The van der Waals surface area contributed by atoms with Crippen LogP contribution >= 0.6 is 12.2 Å². The summed E-state index contributed by atoms with van der Waals surface area (Å²) in [6, 6.07) is 7.47. The minimum atomic E-state index is -1.26. The number of carbonyl (C=O) groups is 1. The summed E-state index contributed by atoms with van der Waals surface area (Å²) in [7, 11) is 0. The minimum absolute atomic E-state index is 0.426. The van der Waals surface area contributed by atoms with Gasteiger partial charge in [0.25, 0.3) is 0 Å². The monoisotopic (exact) mass is 348 g/mol. The number of carboxylic acid groups (broad SMARTS) is 1. The van der Waals surface area contributed by atoms with Crippen LogP contribution in [0.5, 0.6) is 5.75 Å². The second kappa shape index (κ2) is 9.22. The van der Waals surface area contributed by atoms with Crippen molar-refractivity contribution in [2.45, 2.75) is 45.1 Å². The maximum atomic E-state index is 10.4. The number of nitrogens with zero attached hydrogens (tertiary/aromatic N) is 1. The zero-order valence-electron chi connectivity index (χ0n) is 13.7. The van der Waals surface area contributed by atoms with Crippen molar-refractivity contribution in [2.24, 2.45) is 5.10 Å². The summed E-state index contributed by atoms with van der Waals surface area (Å²) < 4.78 is 5.11. The molecule has 1 aliphatic rings. The van der Waals surface area contributed by atoms with Gasteiger partial charge in [0.1, 0.15) is 12.4 Å². The van der Waals surface area contributed by atoms with Gasteiger partial charge in [-0.15, -0.1) is 0 Å². The fraction of sp³-hybridized carbons (Fsp3) is 0.471. The lowest BCUT2D eigenvalue weighted by Gasteiger charge is -2.23. The SMILES string of the molecule is C/C(=N/NC(=S)NC1CCCCC1)c1cccc(OCC(=O)[O-])c1. The number of rotatable bonds is 6.